The molecule has 0 N–H and O–H groups in total. The van der Waals surface area contributed by atoms with Crippen LogP contribution in [0.5, 0.6) is 0 Å². The standard InChI is InChI=1S/C23H20O2/c1-16(2)19-14-9-15-20(22(24)17-10-5-3-6-11-17)21(19)23(25)18-12-7-4-8-13-18/h3-16H,1-2H3. The number of ketones is 2. The first-order chi connectivity index (χ1) is 12.1. The molecule has 0 spiro atoms. The first kappa shape index (κ1) is 16.8. The molecule has 0 heterocycles. The highest BCUT2D eigenvalue weighted by atomic mass is 16.1. The lowest BCUT2D eigenvalue weighted by molar-refractivity contribution is 0.100. The number of carbonyl (C=O) groups excluding carboxylic acids is 2. The van der Waals surface area contributed by atoms with Crippen molar-refractivity contribution in [2.75, 3.05) is 0 Å². The number of hydrogen-bond donors (Lipinski definition) is 0. The molecule has 0 unspecified atom stereocenters. The van der Waals surface area contributed by atoms with Crippen LogP contribution in [-0.4, -0.2) is 11.6 Å². The van der Waals surface area contributed by atoms with Gasteiger partial charge in [0.05, 0.1) is 0 Å². The Balaban J connectivity index is 2.18. The number of hydrogen-bond acceptors (Lipinski definition) is 2. The van der Waals surface area contributed by atoms with Crippen LogP contribution in [0.3, 0.4) is 0 Å². The third kappa shape index (κ3) is 3.43. The summed E-state index contributed by atoms with van der Waals surface area (Å²) >= 11 is 0. The lowest BCUT2D eigenvalue weighted by Gasteiger charge is -2.16. The Labute approximate surface area is 148 Å². The molecule has 2 heteroatoms. The fourth-order valence-corrected chi connectivity index (χ4v) is 2.97. The van der Waals surface area contributed by atoms with Gasteiger partial charge in [-0.25, -0.2) is 0 Å². The van der Waals surface area contributed by atoms with Crippen molar-refractivity contribution < 1.29 is 9.59 Å². The Bertz CT molecular complexity index is 894. The maximum atomic E-state index is 13.2. The molecular formula is C23H20O2. The monoisotopic (exact) mass is 328 g/mol. The van der Waals surface area contributed by atoms with Crippen molar-refractivity contribution in [2.24, 2.45) is 0 Å². The maximum absolute atomic E-state index is 13.2. The van der Waals surface area contributed by atoms with Crippen LogP contribution in [0.1, 0.15) is 57.2 Å². The molecule has 3 rings (SSSR count). The molecule has 0 aliphatic carbocycles. The molecule has 2 nitrogen and oxygen atoms in total. The minimum Gasteiger partial charge on any atom is -0.289 e. The van der Waals surface area contributed by atoms with Gasteiger partial charge in [-0.2, -0.15) is 0 Å². The zero-order valence-corrected chi connectivity index (χ0v) is 14.4. The van der Waals surface area contributed by atoms with E-state index in [4.69, 9.17) is 0 Å². The van der Waals surface area contributed by atoms with E-state index >= 15 is 0 Å². The summed E-state index contributed by atoms with van der Waals surface area (Å²) in [5.74, 6) is -0.0854. The van der Waals surface area contributed by atoms with Crippen LogP contribution in [0.4, 0.5) is 0 Å². The summed E-state index contributed by atoms with van der Waals surface area (Å²) in [6.45, 7) is 4.07. The van der Waals surface area contributed by atoms with Gasteiger partial charge in [-0.05, 0) is 11.5 Å². The lowest BCUT2D eigenvalue weighted by atomic mass is 9.86. The van der Waals surface area contributed by atoms with Crippen molar-refractivity contribution >= 4 is 11.6 Å². The predicted molar refractivity (Wildman–Crippen MR) is 100 cm³/mol. The van der Waals surface area contributed by atoms with E-state index in [1.165, 1.54) is 0 Å². The van der Waals surface area contributed by atoms with Crippen LogP contribution in [0.2, 0.25) is 0 Å². The van der Waals surface area contributed by atoms with Gasteiger partial charge < -0.3 is 0 Å². The van der Waals surface area contributed by atoms with Crippen LogP contribution >= 0.6 is 0 Å². The highest BCUT2D eigenvalue weighted by Crippen LogP contribution is 2.27. The van der Waals surface area contributed by atoms with Crippen LogP contribution in [0, 0.1) is 0 Å². The average molecular weight is 328 g/mol. The lowest BCUT2D eigenvalue weighted by Crippen LogP contribution is -2.14. The van der Waals surface area contributed by atoms with E-state index in [2.05, 4.69) is 0 Å². The number of rotatable bonds is 5. The summed E-state index contributed by atoms with van der Waals surface area (Å²) in [4.78, 5) is 26.2. The van der Waals surface area contributed by atoms with Gasteiger partial charge in [0.1, 0.15) is 0 Å². The van der Waals surface area contributed by atoms with Crippen molar-refractivity contribution in [3.05, 3.63) is 107 Å². The Hall–Kier alpha value is -3.00. The first-order valence-corrected chi connectivity index (χ1v) is 8.42. The number of carbonyl (C=O) groups is 2. The Morgan fingerprint density at radius 1 is 0.640 bits per heavy atom. The van der Waals surface area contributed by atoms with Crippen LogP contribution < -0.4 is 0 Å². The normalized spacial score (nSPS) is 10.7. The molecule has 0 aliphatic heterocycles. The summed E-state index contributed by atoms with van der Waals surface area (Å²) in [5, 5.41) is 0. The van der Waals surface area contributed by atoms with E-state index in [-0.39, 0.29) is 17.5 Å². The van der Waals surface area contributed by atoms with E-state index in [9.17, 15) is 9.59 Å². The molecule has 0 bridgehead atoms. The number of benzene rings is 3. The molecule has 3 aromatic rings. The summed E-state index contributed by atoms with van der Waals surface area (Å²) in [5.41, 5.74) is 3.06. The average Bonchev–Trinajstić information content (AvgIpc) is 2.67. The van der Waals surface area contributed by atoms with Crippen molar-refractivity contribution in [2.45, 2.75) is 19.8 Å². The van der Waals surface area contributed by atoms with Gasteiger partial charge in [0, 0.05) is 22.3 Å². The molecular weight excluding hydrogens is 308 g/mol. The second-order valence-electron chi connectivity index (χ2n) is 6.31. The van der Waals surface area contributed by atoms with Gasteiger partial charge in [-0.3, -0.25) is 9.59 Å². The Kier molecular flexibility index (Phi) is 4.90. The topological polar surface area (TPSA) is 34.1 Å². The fourth-order valence-electron chi connectivity index (χ4n) is 2.97. The molecule has 0 radical (unpaired) electrons. The molecule has 0 saturated carbocycles. The predicted octanol–water partition coefficient (Wildman–Crippen LogP) is 5.27. The Morgan fingerprint density at radius 2 is 1.16 bits per heavy atom. The summed E-state index contributed by atoms with van der Waals surface area (Å²) in [6.07, 6.45) is 0. The van der Waals surface area contributed by atoms with Gasteiger partial charge in [0.15, 0.2) is 11.6 Å². The van der Waals surface area contributed by atoms with Gasteiger partial charge in [0.2, 0.25) is 0 Å². The van der Waals surface area contributed by atoms with Crippen molar-refractivity contribution in [1.82, 2.24) is 0 Å². The quantitative estimate of drug-likeness (QED) is 0.598. The molecule has 124 valence electrons. The third-order valence-electron chi connectivity index (χ3n) is 4.26. The van der Waals surface area contributed by atoms with Crippen molar-refractivity contribution in [1.29, 1.82) is 0 Å². The minimum atomic E-state index is -0.123. The van der Waals surface area contributed by atoms with Crippen LogP contribution in [0.25, 0.3) is 0 Å². The summed E-state index contributed by atoms with van der Waals surface area (Å²) in [7, 11) is 0. The highest BCUT2D eigenvalue weighted by molar-refractivity contribution is 6.20. The minimum absolute atomic E-state index is 0.107. The molecule has 0 atom stereocenters. The molecule has 25 heavy (non-hydrogen) atoms. The first-order valence-electron chi connectivity index (χ1n) is 8.42. The van der Waals surface area contributed by atoms with E-state index in [1.807, 2.05) is 62.4 Å². The second-order valence-corrected chi connectivity index (χ2v) is 6.31. The molecule has 0 fully saturated rings. The van der Waals surface area contributed by atoms with Gasteiger partial charge in [-0.1, -0.05) is 92.7 Å². The SMILES string of the molecule is CC(C)c1cccc(C(=O)c2ccccc2)c1C(=O)c1ccccc1. The van der Waals surface area contributed by atoms with E-state index < -0.39 is 0 Å². The zero-order valence-electron chi connectivity index (χ0n) is 14.4. The van der Waals surface area contributed by atoms with Crippen LogP contribution in [0.15, 0.2) is 78.9 Å². The van der Waals surface area contributed by atoms with E-state index in [0.717, 1.165) is 5.56 Å². The summed E-state index contributed by atoms with van der Waals surface area (Å²) < 4.78 is 0. The highest BCUT2D eigenvalue weighted by Gasteiger charge is 2.23. The molecule has 0 amide bonds. The fraction of sp³-hybridized carbons (Fsp3) is 0.130. The van der Waals surface area contributed by atoms with Crippen LogP contribution in [-0.2, 0) is 0 Å². The molecule has 3 aromatic carbocycles. The second kappa shape index (κ2) is 7.27. The smallest absolute Gasteiger partial charge is 0.194 e. The largest absolute Gasteiger partial charge is 0.289 e. The third-order valence-corrected chi connectivity index (χ3v) is 4.26. The Morgan fingerprint density at radius 3 is 1.68 bits per heavy atom. The van der Waals surface area contributed by atoms with Gasteiger partial charge >= 0.3 is 0 Å². The van der Waals surface area contributed by atoms with Gasteiger partial charge in [-0.15, -0.1) is 0 Å². The maximum Gasteiger partial charge on any atom is 0.194 e. The van der Waals surface area contributed by atoms with Gasteiger partial charge in [0.25, 0.3) is 0 Å². The molecule has 0 aromatic heterocycles. The van der Waals surface area contributed by atoms with E-state index in [0.29, 0.717) is 22.3 Å². The van der Waals surface area contributed by atoms with E-state index in [1.54, 1.807) is 30.3 Å². The summed E-state index contributed by atoms with van der Waals surface area (Å²) in [6, 6.07) is 23.8. The molecule has 0 aliphatic rings. The van der Waals surface area contributed by atoms with Crippen molar-refractivity contribution in [3.8, 4) is 0 Å². The zero-order chi connectivity index (χ0) is 17.8. The molecule has 0 saturated heterocycles. The van der Waals surface area contributed by atoms with Crippen molar-refractivity contribution in [3.63, 3.8) is 0 Å².